The average molecular weight is 433 g/mol. The summed E-state index contributed by atoms with van der Waals surface area (Å²) in [4.78, 5) is 12.2. The third-order valence-corrected chi connectivity index (χ3v) is 6.19. The molecular formula is C22H28N2O5S. The zero-order valence-electron chi connectivity index (χ0n) is 17.1. The van der Waals surface area contributed by atoms with Crippen LogP contribution in [0.4, 0.5) is 5.69 Å². The van der Waals surface area contributed by atoms with Crippen molar-refractivity contribution < 1.29 is 22.7 Å². The van der Waals surface area contributed by atoms with E-state index >= 15 is 0 Å². The smallest absolute Gasteiger partial charge is 0.240 e. The van der Waals surface area contributed by atoms with E-state index in [1.807, 2.05) is 24.3 Å². The molecule has 0 atom stereocenters. The number of carbonyl (C=O) groups excluding carboxylic acids is 1. The Labute approximate surface area is 177 Å². The maximum atomic E-state index is 12.5. The van der Waals surface area contributed by atoms with E-state index in [1.54, 1.807) is 6.07 Å². The van der Waals surface area contributed by atoms with Gasteiger partial charge in [0, 0.05) is 31.1 Å². The molecule has 30 heavy (non-hydrogen) atoms. The Morgan fingerprint density at radius 3 is 2.50 bits per heavy atom. The number of hydrogen-bond donors (Lipinski definition) is 2. The van der Waals surface area contributed by atoms with Crippen LogP contribution in [0.1, 0.15) is 38.2 Å². The molecule has 0 radical (unpaired) electrons. The first-order chi connectivity index (χ1) is 14.5. The Bertz CT molecular complexity index is 958. The Balaban J connectivity index is 1.50. The number of amides is 1. The molecule has 0 bridgehead atoms. The van der Waals surface area contributed by atoms with Gasteiger partial charge in [-0.2, -0.15) is 0 Å². The van der Waals surface area contributed by atoms with Crippen molar-refractivity contribution in [3.63, 3.8) is 0 Å². The Kier molecular flexibility index (Phi) is 7.70. The van der Waals surface area contributed by atoms with E-state index in [0.29, 0.717) is 30.4 Å². The van der Waals surface area contributed by atoms with Gasteiger partial charge in [-0.1, -0.05) is 25.5 Å². The van der Waals surface area contributed by atoms with E-state index in [1.165, 1.54) is 17.7 Å². The van der Waals surface area contributed by atoms with E-state index < -0.39 is 10.0 Å². The van der Waals surface area contributed by atoms with Gasteiger partial charge >= 0.3 is 0 Å². The highest BCUT2D eigenvalue weighted by atomic mass is 32.2. The SMILES string of the molecule is CCCCc1ccc(NC(=O)CCNS(=O)(=O)c2ccc3c(c2)OCCCO3)cc1. The molecule has 7 nitrogen and oxygen atoms in total. The van der Waals surface area contributed by atoms with E-state index in [0.717, 1.165) is 25.7 Å². The fourth-order valence-corrected chi connectivity index (χ4v) is 4.10. The number of rotatable bonds is 9. The molecule has 1 aliphatic rings. The van der Waals surface area contributed by atoms with Gasteiger partial charge < -0.3 is 14.8 Å². The molecule has 2 N–H and O–H groups in total. The van der Waals surface area contributed by atoms with Gasteiger partial charge in [0.05, 0.1) is 18.1 Å². The van der Waals surface area contributed by atoms with Gasteiger partial charge in [-0.15, -0.1) is 0 Å². The number of hydrogen-bond acceptors (Lipinski definition) is 5. The maximum absolute atomic E-state index is 12.5. The number of anilines is 1. The molecule has 2 aromatic carbocycles. The third-order valence-electron chi connectivity index (χ3n) is 4.73. The lowest BCUT2D eigenvalue weighted by Gasteiger charge is -2.11. The fraction of sp³-hybridized carbons (Fsp3) is 0.409. The number of unbranched alkanes of at least 4 members (excludes halogenated alkanes) is 1. The molecule has 8 heteroatoms. The van der Waals surface area contributed by atoms with Crippen LogP contribution in [-0.4, -0.2) is 34.1 Å². The van der Waals surface area contributed by atoms with Crippen LogP contribution in [0.5, 0.6) is 11.5 Å². The fourth-order valence-electron chi connectivity index (χ4n) is 3.05. The van der Waals surface area contributed by atoms with Gasteiger partial charge in [0.2, 0.25) is 15.9 Å². The predicted octanol–water partition coefficient (Wildman–Crippen LogP) is 3.50. The largest absolute Gasteiger partial charge is 0.490 e. The average Bonchev–Trinajstić information content (AvgIpc) is 2.98. The predicted molar refractivity (Wildman–Crippen MR) is 116 cm³/mol. The summed E-state index contributed by atoms with van der Waals surface area (Å²) >= 11 is 0. The minimum absolute atomic E-state index is 0.00279. The van der Waals surface area contributed by atoms with Crippen LogP contribution < -0.4 is 19.5 Å². The van der Waals surface area contributed by atoms with Gasteiger partial charge in [0.25, 0.3) is 0 Å². The summed E-state index contributed by atoms with van der Waals surface area (Å²) < 4.78 is 38.6. The standard InChI is InChI=1S/C22H28N2O5S/c1-2-3-5-17-6-8-18(9-7-17)24-22(25)12-13-23-30(26,27)19-10-11-20-21(16-19)29-15-4-14-28-20/h6-11,16,23H,2-5,12-15H2,1H3,(H,24,25). The van der Waals surface area contributed by atoms with Crippen LogP contribution in [0.25, 0.3) is 0 Å². The second-order valence-electron chi connectivity index (χ2n) is 7.16. The highest BCUT2D eigenvalue weighted by molar-refractivity contribution is 7.89. The van der Waals surface area contributed by atoms with Crippen LogP contribution in [-0.2, 0) is 21.2 Å². The van der Waals surface area contributed by atoms with Crippen molar-refractivity contribution in [2.45, 2.75) is 43.9 Å². The van der Waals surface area contributed by atoms with Crippen molar-refractivity contribution in [3.8, 4) is 11.5 Å². The van der Waals surface area contributed by atoms with E-state index in [4.69, 9.17) is 9.47 Å². The first-order valence-corrected chi connectivity index (χ1v) is 11.7. The van der Waals surface area contributed by atoms with Gasteiger partial charge in [-0.05, 0) is 42.7 Å². The minimum atomic E-state index is -3.75. The Morgan fingerprint density at radius 2 is 1.77 bits per heavy atom. The summed E-state index contributed by atoms with van der Waals surface area (Å²) in [5, 5.41) is 2.79. The molecule has 0 fully saturated rings. The van der Waals surface area contributed by atoms with Crippen molar-refractivity contribution in [3.05, 3.63) is 48.0 Å². The lowest BCUT2D eigenvalue weighted by Crippen LogP contribution is -2.27. The molecule has 0 saturated carbocycles. The lowest BCUT2D eigenvalue weighted by molar-refractivity contribution is -0.116. The molecule has 0 aromatic heterocycles. The maximum Gasteiger partial charge on any atom is 0.240 e. The molecule has 1 heterocycles. The lowest BCUT2D eigenvalue weighted by atomic mass is 10.1. The topological polar surface area (TPSA) is 93.7 Å². The van der Waals surface area contributed by atoms with Crippen molar-refractivity contribution in [2.24, 2.45) is 0 Å². The quantitative estimate of drug-likeness (QED) is 0.633. The Hall–Kier alpha value is -2.58. The van der Waals surface area contributed by atoms with Crippen molar-refractivity contribution >= 4 is 21.6 Å². The van der Waals surface area contributed by atoms with Crippen LogP contribution in [0.3, 0.4) is 0 Å². The normalized spacial score (nSPS) is 13.5. The van der Waals surface area contributed by atoms with Crippen LogP contribution >= 0.6 is 0 Å². The third kappa shape index (κ3) is 6.21. The molecule has 0 unspecified atom stereocenters. The van der Waals surface area contributed by atoms with E-state index in [2.05, 4.69) is 17.0 Å². The Morgan fingerprint density at radius 1 is 1.03 bits per heavy atom. The van der Waals surface area contributed by atoms with Crippen LogP contribution in [0.15, 0.2) is 47.4 Å². The van der Waals surface area contributed by atoms with Gasteiger partial charge in [-0.3, -0.25) is 4.79 Å². The molecule has 1 amide bonds. The zero-order chi connectivity index (χ0) is 21.4. The number of nitrogens with one attached hydrogen (secondary N) is 2. The molecule has 1 aliphatic heterocycles. The number of carbonyl (C=O) groups is 1. The number of ether oxygens (including phenoxy) is 2. The number of fused-ring (bicyclic) bond motifs is 1. The number of aryl methyl sites for hydroxylation is 1. The van der Waals surface area contributed by atoms with Crippen molar-refractivity contribution in [2.75, 3.05) is 25.1 Å². The van der Waals surface area contributed by atoms with E-state index in [9.17, 15) is 13.2 Å². The molecule has 0 spiro atoms. The van der Waals surface area contributed by atoms with E-state index in [-0.39, 0.29) is 23.8 Å². The second kappa shape index (κ2) is 10.4. The highest BCUT2D eigenvalue weighted by Gasteiger charge is 2.19. The molecule has 0 saturated heterocycles. The zero-order valence-corrected chi connectivity index (χ0v) is 18.0. The van der Waals surface area contributed by atoms with Crippen LogP contribution in [0.2, 0.25) is 0 Å². The summed E-state index contributed by atoms with van der Waals surface area (Å²) in [5.74, 6) is 0.694. The van der Waals surface area contributed by atoms with Gasteiger partial charge in [-0.25, -0.2) is 13.1 Å². The summed E-state index contributed by atoms with van der Waals surface area (Å²) in [6.45, 7) is 3.16. The number of sulfonamides is 1. The highest BCUT2D eigenvalue weighted by Crippen LogP contribution is 2.31. The first kappa shape index (κ1) is 22.1. The molecule has 3 rings (SSSR count). The summed E-state index contributed by atoms with van der Waals surface area (Å²) in [5.41, 5.74) is 1.93. The molecule has 2 aromatic rings. The van der Waals surface area contributed by atoms with Gasteiger partial charge in [0.15, 0.2) is 11.5 Å². The number of benzene rings is 2. The molecule has 162 valence electrons. The van der Waals surface area contributed by atoms with Crippen molar-refractivity contribution in [1.29, 1.82) is 0 Å². The van der Waals surface area contributed by atoms with Crippen LogP contribution in [0, 0.1) is 0 Å². The van der Waals surface area contributed by atoms with Gasteiger partial charge in [0.1, 0.15) is 0 Å². The minimum Gasteiger partial charge on any atom is -0.490 e. The summed E-state index contributed by atoms with van der Waals surface area (Å²) in [7, 11) is -3.75. The first-order valence-electron chi connectivity index (χ1n) is 10.3. The second-order valence-corrected chi connectivity index (χ2v) is 8.92. The molecule has 0 aliphatic carbocycles. The monoisotopic (exact) mass is 432 g/mol. The summed E-state index contributed by atoms with van der Waals surface area (Å²) in [6.07, 6.45) is 4.06. The summed E-state index contributed by atoms with van der Waals surface area (Å²) in [6, 6.07) is 12.2. The van der Waals surface area contributed by atoms with Crippen molar-refractivity contribution in [1.82, 2.24) is 4.72 Å². The molecular weight excluding hydrogens is 404 g/mol.